The lowest BCUT2D eigenvalue weighted by Gasteiger charge is -2.19. The topological polar surface area (TPSA) is 75.7 Å². The fourth-order valence-electron chi connectivity index (χ4n) is 2.71. The number of hydrogen-bond acceptors (Lipinski definition) is 4. The second kappa shape index (κ2) is 7.05. The van der Waals surface area contributed by atoms with Gasteiger partial charge >= 0.3 is 6.09 Å². The van der Waals surface area contributed by atoms with Crippen LogP contribution in [0.1, 0.15) is 12.5 Å². The number of nitrogens with one attached hydrogen (secondary N) is 1. The molecule has 0 spiro atoms. The first-order valence-electron chi connectivity index (χ1n) is 7.77. The van der Waals surface area contributed by atoms with E-state index in [9.17, 15) is 13.2 Å². The molecule has 1 aliphatic rings. The normalized spacial score (nSPS) is 13.4. The van der Waals surface area contributed by atoms with Crippen molar-refractivity contribution >= 4 is 43.4 Å². The highest BCUT2D eigenvalue weighted by Crippen LogP contribution is 2.34. The fraction of sp³-hybridized carbons (Fsp3) is 0.235. The highest BCUT2D eigenvalue weighted by atomic mass is 79.9. The van der Waals surface area contributed by atoms with Gasteiger partial charge in [0.05, 0.1) is 17.2 Å². The molecule has 1 heterocycles. The van der Waals surface area contributed by atoms with Crippen molar-refractivity contribution in [2.24, 2.45) is 0 Å². The molecule has 2 aromatic carbocycles. The van der Waals surface area contributed by atoms with E-state index in [-0.39, 0.29) is 11.5 Å². The number of anilines is 2. The molecule has 3 rings (SSSR count). The first-order valence-corrected chi connectivity index (χ1v) is 10.00. The van der Waals surface area contributed by atoms with Crippen LogP contribution in [0.3, 0.4) is 0 Å². The van der Waals surface area contributed by atoms with Gasteiger partial charge in [0.1, 0.15) is 0 Å². The van der Waals surface area contributed by atoms with Crippen molar-refractivity contribution in [2.45, 2.75) is 18.2 Å². The smallest absolute Gasteiger partial charge is 0.411 e. The van der Waals surface area contributed by atoms with E-state index in [4.69, 9.17) is 4.74 Å². The summed E-state index contributed by atoms with van der Waals surface area (Å²) in [5.41, 5.74) is 2.18. The Bertz CT molecular complexity index is 897. The Morgan fingerprint density at radius 3 is 2.64 bits per heavy atom. The zero-order valence-corrected chi connectivity index (χ0v) is 15.9. The van der Waals surface area contributed by atoms with Gasteiger partial charge in [-0.3, -0.25) is 9.62 Å². The molecule has 0 saturated heterocycles. The van der Waals surface area contributed by atoms with Crippen molar-refractivity contribution in [2.75, 3.05) is 22.8 Å². The number of carbonyl (C=O) groups excluding carboxylic acids is 1. The van der Waals surface area contributed by atoms with Gasteiger partial charge in [0, 0.05) is 16.7 Å². The van der Waals surface area contributed by atoms with Crippen molar-refractivity contribution < 1.29 is 17.9 Å². The Morgan fingerprint density at radius 2 is 1.96 bits per heavy atom. The summed E-state index contributed by atoms with van der Waals surface area (Å²) < 4.78 is 33.0. The number of fused-ring (bicyclic) bond motifs is 1. The maximum atomic E-state index is 12.9. The van der Waals surface area contributed by atoms with Gasteiger partial charge in [-0.05, 0) is 61.4 Å². The maximum Gasteiger partial charge on any atom is 0.411 e. The quantitative estimate of drug-likeness (QED) is 0.810. The van der Waals surface area contributed by atoms with Crippen LogP contribution in [0.4, 0.5) is 16.2 Å². The van der Waals surface area contributed by atoms with Gasteiger partial charge in [0.25, 0.3) is 10.0 Å². The molecule has 0 bridgehead atoms. The number of ether oxygens (including phenoxy) is 1. The first kappa shape index (κ1) is 17.8. The van der Waals surface area contributed by atoms with E-state index in [0.717, 1.165) is 10.0 Å². The van der Waals surface area contributed by atoms with E-state index in [2.05, 4.69) is 21.2 Å². The van der Waals surface area contributed by atoms with Crippen LogP contribution in [-0.4, -0.2) is 27.7 Å². The number of sulfonamides is 1. The predicted octanol–water partition coefficient (Wildman–Crippen LogP) is 3.77. The Hall–Kier alpha value is -2.06. The monoisotopic (exact) mass is 424 g/mol. The predicted molar refractivity (Wildman–Crippen MR) is 99.5 cm³/mol. The molecular weight excluding hydrogens is 408 g/mol. The van der Waals surface area contributed by atoms with E-state index in [1.54, 1.807) is 25.1 Å². The van der Waals surface area contributed by atoms with Crippen LogP contribution in [0.2, 0.25) is 0 Å². The summed E-state index contributed by atoms with van der Waals surface area (Å²) in [5.74, 6) is 0. The lowest BCUT2D eigenvalue weighted by atomic mass is 10.2. The third-order valence-corrected chi connectivity index (χ3v) is 6.18. The van der Waals surface area contributed by atoms with E-state index in [0.29, 0.717) is 24.3 Å². The van der Waals surface area contributed by atoms with Gasteiger partial charge in [-0.25, -0.2) is 13.2 Å². The van der Waals surface area contributed by atoms with Gasteiger partial charge in [0.15, 0.2) is 0 Å². The number of hydrogen-bond donors (Lipinski definition) is 1. The Balaban J connectivity index is 1.83. The summed E-state index contributed by atoms with van der Waals surface area (Å²) in [6.07, 6.45) is 0.105. The van der Waals surface area contributed by atoms with Crippen molar-refractivity contribution in [3.8, 4) is 0 Å². The Morgan fingerprint density at radius 1 is 1.24 bits per heavy atom. The van der Waals surface area contributed by atoms with Gasteiger partial charge in [-0.15, -0.1) is 0 Å². The fourth-order valence-corrected chi connectivity index (χ4v) is 4.62. The van der Waals surface area contributed by atoms with Crippen LogP contribution in [-0.2, 0) is 21.2 Å². The molecule has 25 heavy (non-hydrogen) atoms. The standard InChI is InChI=1S/C17H17BrN2O4S/c1-2-24-17(21)19-14-4-6-15(7-5-14)25(22,23)20-10-9-12-11-13(18)3-8-16(12)20/h3-8,11H,2,9-10H2,1H3,(H,19,21). The summed E-state index contributed by atoms with van der Waals surface area (Å²) >= 11 is 3.41. The van der Waals surface area contributed by atoms with Crippen LogP contribution in [0.15, 0.2) is 51.8 Å². The molecule has 0 fully saturated rings. The average molecular weight is 425 g/mol. The van der Waals surface area contributed by atoms with E-state index >= 15 is 0 Å². The van der Waals surface area contributed by atoms with E-state index in [1.807, 2.05) is 12.1 Å². The molecule has 0 radical (unpaired) electrons. The largest absolute Gasteiger partial charge is 0.450 e. The molecule has 0 atom stereocenters. The summed E-state index contributed by atoms with van der Waals surface area (Å²) in [6, 6.07) is 11.6. The molecule has 1 aliphatic heterocycles. The van der Waals surface area contributed by atoms with Crippen molar-refractivity contribution in [3.63, 3.8) is 0 Å². The van der Waals surface area contributed by atoms with Gasteiger partial charge in [-0.1, -0.05) is 15.9 Å². The molecule has 0 aliphatic carbocycles. The van der Waals surface area contributed by atoms with Crippen LogP contribution in [0, 0.1) is 0 Å². The summed E-state index contributed by atoms with van der Waals surface area (Å²) in [4.78, 5) is 11.6. The molecule has 2 aromatic rings. The summed E-state index contributed by atoms with van der Waals surface area (Å²) in [7, 11) is -3.65. The molecule has 1 amide bonds. The Kier molecular flexibility index (Phi) is 5.01. The highest BCUT2D eigenvalue weighted by Gasteiger charge is 2.30. The van der Waals surface area contributed by atoms with Crippen LogP contribution >= 0.6 is 15.9 Å². The van der Waals surface area contributed by atoms with Crippen LogP contribution in [0.25, 0.3) is 0 Å². The molecule has 132 valence electrons. The molecule has 6 nitrogen and oxygen atoms in total. The minimum atomic E-state index is -3.65. The molecular formula is C17H17BrN2O4S. The molecule has 1 N–H and O–H groups in total. The van der Waals surface area contributed by atoms with E-state index < -0.39 is 16.1 Å². The lowest BCUT2D eigenvalue weighted by Crippen LogP contribution is -2.29. The summed E-state index contributed by atoms with van der Waals surface area (Å²) in [5, 5.41) is 2.54. The third-order valence-electron chi connectivity index (χ3n) is 3.86. The van der Waals surface area contributed by atoms with E-state index in [1.165, 1.54) is 16.4 Å². The van der Waals surface area contributed by atoms with Crippen LogP contribution < -0.4 is 9.62 Å². The number of rotatable bonds is 4. The zero-order valence-electron chi connectivity index (χ0n) is 13.5. The zero-order chi connectivity index (χ0) is 18.0. The highest BCUT2D eigenvalue weighted by molar-refractivity contribution is 9.10. The molecule has 0 unspecified atom stereocenters. The van der Waals surface area contributed by atoms with Crippen LogP contribution in [0.5, 0.6) is 0 Å². The molecule has 0 saturated carbocycles. The summed E-state index contributed by atoms with van der Waals surface area (Å²) in [6.45, 7) is 2.39. The number of amides is 1. The maximum absolute atomic E-state index is 12.9. The Labute approximate surface area is 155 Å². The minimum Gasteiger partial charge on any atom is -0.450 e. The van der Waals surface area contributed by atoms with Crippen molar-refractivity contribution in [1.82, 2.24) is 0 Å². The van der Waals surface area contributed by atoms with Gasteiger partial charge in [0.2, 0.25) is 0 Å². The minimum absolute atomic E-state index is 0.178. The number of halogens is 1. The number of carbonyl (C=O) groups is 1. The number of nitrogens with zero attached hydrogens (tertiary/aromatic N) is 1. The van der Waals surface area contributed by atoms with Crippen molar-refractivity contribution in [1.29, 1.82) is 0 Å². The second-order valence-electron chi connectivity index (χ2n) is 5.47. The third kappa shape index (κ3) is 3.64. The molecule has 8 heteroatoms. The average Bonchev–Trinajstić information content (AvgIpc) is 2.99. The SMILES string of the molecule is CCOC(=O)Nc1ccc(S(=O)(=O)N2CCc3cc(Br)ccc32)cc1. The second-order valence-corrected chi connectivity index (χ2v) is 8.25. The lowest BCUT2D eigenvalue weighted by molar-refractivity contribution is 0.168. The molecule has 0 aromatic heterocycles. The van der Waals surface area contributed by atoms with Gasteiger partial charge < -0.3 is 4.74 Å². The van der Waals surface area contributed by atoms with Gasteiger partial charge in [-0.2, -0.15) is 0 Å². The number of benzene rings is 2. The first-order chi connectivity index (χ1) is 11.9. The van der Waals surface area contributed by atoms with Crippen molar-refractivity contribution in [3.05, 3.63) is 52.5 Å².